The van der Waals surface area contributed by atoms with Crippen molar-refractivity contribution in [1.29, 1.82) is 0 Å². The first-order valence-corrected chi connectivity index (χ1v) is 6.18. The molecule has 2 aromatic rings. The number of aromatic amines is 1. The van der Waals surface area contributed by atoms with Gasteiger partial charge in [-0.1, -0.05) is 12.1 Å². The highest BCUT2D eigenvalue weighted by Crippen LogP contribution is 2.36. The number of H-pyrrole nitrogens is 1. The normalized spacial score (nSPS) is 19.6. The van der Waals surface area contributed by atoms with E-state index in [2.05, 4.69) is 9.97 Å². The van der Waals surface area contributed by atoms with Gasteiger partial charge in [0.1, 0.15) is 0 Å². The fourth-order valence-corrected chi connectivity index (χ4v) is 2.48. The molecule has 20 heavy (non-hydrogen) atoms. The zero-order valence-electron chi connectivity index (χ0n) is 10.3. The summed E-state index contributed by atoms with van der Waals surface area (Å²) in [5.74, 6) is 0. The van der Waals surface area contributed by atoms with Gasteiger partial charge < -0.3 is 9.72 Å². The fourth-order valence-electron chi connectivity index (χ4n) is 2.48. The molecule has 0 radical (unpaired) electrons. The first-order valence-electron chi connectivity index (χ1n) is 6.18. The van der Waals surface area contributed by atoms with Gasteiger partial charge in [-0.05, 0) is 18.9 Å². The van der Waals surface area contributed by atoms with E-state index in [1.807, 2.05) is 0 Å². The molecule has 7 heteroatoms. The number of ether oxygens (including phenoxy) is 1. The Morgan fingerprint density at radius 1 is 1.35 bits per heavy atom. The van der Waals surface area contributed by atoms with E-state index < -0.39 is 17.4 Å². The molecule has 0 saturated carbocycles. The van der Waals surface area contributed by atoms with Crippen LogP contribution < -0.4 is 5.69 Å². The lowest BCUT2D eigenvalue weighted by Crippen LogP contribution is -2.18. The number of aromatic nitrogens is 2. The lowest BCUT2D eigenvalue weighted by Gasteiger charge is -2.14. The van der Waals surface area contributed by atoms with E-state index in [4.69, 9.17) is 4.74 Å². The Labute approximate surface area is 111 Å². The van der Waals surface area contributed by atoms with E-state index in [9.17, 15) is 18.0 Å². The molecule has 4 nitrogen and oxygen atoms in total. The van der Waals surface area contributed by atoms with Gasteiger partial charge in [-0.25, -0.2) is 4.79 Å². The second-order valence-electron chi connectivity index (χ2n) is 4.66. The molecule has 0 spiro atoms. The van der Waals surface area contributed by atoms with Crippen molar-refractivity contribution >= 4 is 10.9 Å². The van der Waals surface area contributed by atoms with Crippen molar-refractivity contribution in [3.05, 3.63) is 39.9 Å². The molecule has 106 valence electrons. The summed E-state index contributed by atoms with van der Waals surface area (Å²) in [6, 6.07) is 3.75. The molecule has 1 N–H and O–H groups in total. The largest absolute Gasteiger partial charge is 0.418 e. The summed E-state index contributed by atoms with van der Waals surface area (Å²) in [6.07, 6.45) is -3.44. The lowest BCUT2D eigenvalue weighted by atomic mass is 10.0. The smallest absolute Gasteiger partial charge is 0.372 e. The lowest BCUT2D eigenvalue weighted by molar-refractivity contribution is -0.136. The summed E-state index contributed by atoms with van der Waals surface area (Å²) in [4.78, 5) is 17.5. The second-order valence-corrected chi connectivity index (χ2v) is 4.66. The predicted molar refractivity (Wildman–Crippen MR) is 65.3 cm³/mol. The molecule has 1 aliphatic rings. The van der Waals surface area contributed by atoms with Crippen molar-refractivity contribution in [3.63, 3.8) is 0 Å². The summed E-state index contributed by atoms with van der Waals surface area (Å²) in [5.41, 5.74) is -1.64. The van der Waals surface area contributed by atoms with Crippen molar-refractivity contribution in [1.82, 2.24) is 9.97 Å². The summed E-state index contributed by atoms with van der Waals surface area (Å²) in [5, 5.41) is 0.284. The van der Waals surface area contributed by atoms with E-state index in [1.165, 1.54) is 12.1 Å². The number of alkyl halides is 3. The average Bonchev–Trinajstić information content (AvgIpc) is 2.89. The standard InChI is InChI=1S/C13H11F3N2O2/c14-13(15,16)8-4-1-3-7-10(8)17-12(19)18-11(7)9-5-2-6-20-9/h1,3-4,9H,2,5-6H2,(H,17,18,19). The van der Waals surface area contributed by atoms with E-state index in [0.717, 1.165) is 12.5 Å². The van der Waals surface area contributed by atoms with Crippen LogP contribution in [0.3, 0.4) is 0 Å². The fraction of sp³-hybridized carbons (Fsp3) is 0.385. The van der Waals surface area contributed by atoms with Crippen LogP contribution in [0.15, 0.2) is 23.0 Å². The van der Waals surface area contributed by atoms with Gasteiger partial charge in [0.25, 0.3) is 0 Å². The minimum absolute atomic E-state index is 0.284. The van der Waals surface area contributed by atoms with Crippen molar-refractivity contribution in [2.24, 2.45) is 0 Å². The van der Waals surface area contributed by atoms with Crippen LogP contribution in [0.5, 0.6) is 0 Å². The molecule has 3 rings (SSSR count). The molecule has 0 bridgehead atoms. The van der Waals surface area contributed by atoms with Gasteiger partial charge in [-0.3, -0.25) is 0 Å². The maximum atomic E-state index is 13.0. The molecule has 1 saturated heterocycles. The molecule has 0 amide bonds. The minimum Gasteiger partial charge on any atom is -0.372 e. The number of nitrogens with one attached hydrogen (secondary N) is 1. The third-order valence-corrected chi connectivity index (χ3v) is 3.34. The van der Waals surface area contributed by atoms with Gasteiger partial charge in [0.2, 0.25) is 0 Å². The third-order valence-electron chi connectivity index (χ3n) is 3.34. The Kier molecular flexibility index (Phi) is 3.01. The van der Waals surface area contributed by atoms with Gasteiger partial charge in [0.05, 0.1) is 22.9 Å². The summed E-state index contributed by atoms with van der Waals surface area (Å²) >= 11 is 0. The number of para-hydroxylation sites is 1. The number of halogens is 3. The Morgan fingerprint density at radius 2 is 2.15 bits per heavy atom. The SMILES string of the molecule is O=c1nc2c(C(F)(F)F)cccc2c(C2CCCO2)[nH]1. The molecule has 0 aliphatic carbocycles. The Morgan fingerprint density at radius 3 is 2.80 bits per heavy atom. The van der Waals surface area contributed by atoms with Crippen LogP contribution >= 0.6 is 0 Å². The Hall–Kier alpha value is -1.89. The van der Waals surface area contributed by atoms with Crippen molar-refractivity contribution < 1.29 is 17.9 Å². The van der Waals surface area contributed by atoms with Gasteiger partial charge in [0.15, 0.2) is 0 Å². The van der Waals surface area contributed by atoms with Crippen LogP contribution in [0.25, 0.3) is 10.9 Å². The van der Waals surface area contributed by atoms with Crippen LogP contribution in [0, 0.1) is 0 Å². The van der Waals surface area contributed by atoms with Gasteiger partial charge in [-0.15, -0.1) is 0 Å². The number of nitrogens with zero attached hydrogens (tertiary/aromatic N) is 1. The van der Waals surface area contributed by atoms with Gasteiger partial charge in [0, 0.05) is 12.0 Å². The van der Waals surface area contributed by atoms with Crippen LogP contribution in [0.1, 0.15) is 30.2 Å². The summed E-state index contributed by atoms with van der Waals surface area (Å²) in [6.45, 7) is 0.537. The average molecular weight is 284 g/mol. The minimum atomic E-state index is -4.55. The molecule has 1 aromatic carbocycles. The molecule has 1 atom stereocenters. The topological polar surface area (TPSA) is 55.0 Å². The van der Waals surface area contributed by atoms with E-state index in [0.29, 0.717) is 18.7 Å². The zero-order chi connectivity index (χ0) is 14.3. The van der Waals surface area contributed by atoms with Crippen LogP contribution in [0.4, 0.5) is 13.2 Å². The monoisotopic (exact) mass is 284 g/mol. The van der Waals surface area contributed by atoms with Crippen LogP contribution in [0.2, 0.25) is 0 Å². The molecule has 1 fully saturated rings. The molecule has 1 aromatic heterocycles. The number of hydrogen-bond acceptors (Lipinski definition) is 3. The number of hydrogen-bond donors (Lipinski definition) is 1. The highest BCUT2D eigenvalue weighted by molar-refractivity contribution is 5.84. The highest BCUT2D eigenvalue weighted by Gasteiger charge is 2.34. The molecule has 1 aliphatic heterocycles. The molecule has 2 heterocycles. The van der Waals surface area contributed by atoms with Gasteiger partial charge >= 0.3 is 11.9 Å². The van der Waals surface area contributed by atoms with E-state index in [1.54, 1.807) is 0 Å². The van der Waals surface area contributed by atoms with E-state index >= 15 is 0 Å². The summed E-state index contributed by atoms with van der Waals surface area (Å²) < 4.78 is 44.4. The molecule has 1 unspecified atom stereocenters. The van der Waals surface area contributed by atoms with Gasteiger partial charge in [-0.2, -0.15) is 18.2 Å². The third kappa shape index (κ3) is 2.18. The maximum absolute atomic E-state index is 13.0. The molecular weight excluding hydrogens is 273 g/mol. The van der Waals surface area contributed by atoms with E-state index in [-0.39, 0.29) is 17.0 Å². The number of benzene rings is 1. The maximum Gasteiger partial charge on any atom is 0.418 e. The first-order chi connectivity index (χ1) is 9.47. The molecular formula is C13H11F3N2O2. The van der Waals surface area contributed by atoms with Crippen molar-refractivity contribution in [2.75, 3.05) is 6.61 Å². The highest BCUT2D eigenvalue weighted by atomic mass is 19.4. The zero-order valence-corrected chi connectivity index (χ0v) is 10.3. The Balaban J connectivity index is 2.30. The predicted octanol–water partition coefficient (Wildman–Crippen LogP) is 2.79. The second kappa shape index (κ2) is 4.59. The first kappa shape index (κ1) is 13.1. The number of fused-ring (bicyclic) bond motifs is 1. The van der Waals surface area contributed by atoms with Crippen LogP contribution in [-0.4, -0.2) is 16.6 Å². The Bertz CT molecular complexity index is 703. The van der Waals surface area contributed by atoms with Crippen molar-refractivity contribution in [3.8, 4) is 0 Å². The summed E-state index contributed by atoms with van der Waals surface area (Å²) in [7, 11) is 0. The van der Waals surface area contributed by atoms with Crippen molar-refractivity contribution in [2.45, 2.75) is 25.1 Å². The number of rotatable bonds is 1. The quantitative estimate of drug-likeness (QED) is 0.876. The van der Waals surface area contributed by atoms with Crippen LogP contribution in [-0.2, 0) is 10.9 Å².